The van der Waals surface area contributed by atoms with E-state index in [1.807, 2.05) is 0 Å². The maximum atomic E-state index is 13.2. The van der Waals surface area contributed by atoms with E-state index < -0.39 is 46.1 Å². The van der Waals surface area contributed by atoms with Crippen molar-refractivity contribution in [3.05, 3.63) is 92.4 Å². The van der Waals surface area contributed by atoms with E-state index in [4.69, 9.17) is 58.0 Å². The standard InChI is InChI=1S/C25H16Cl5F3N2O2/c26-13-7-12(8-14(27)9-13)21-22(24(21,29)30)23(37)35-15-5-6-18(28)16(10-15)20(36)11-34-19-4-2-1-3-17(19)25(31,32)33/h1-10,21-22,34H,11H2,(H,35,37). The van der Waals surface area contributed by atoms with Crippen LogP contribution in [0.5, 0.6) is 0 Å². The van der Waals surface area contributed by atoms with Crippen LogP contribution in [0.4, 0.5) is 24.5 Å². The second-order valence-electron chi connectivity index (χ2n) is 8.34. The number of para-hydroxylation sites is 1. The van der Waals surface area contributed by atoms with Gasteiger partial charge in [0.05, 0.1) is 23.0 Å². The van der Waals surface area contributed by atoms with Crippen molar-refractivity contribution in [3.8, 4) is 0 Å². The van der Waals surface area contributed by atoms with Crippen LogP contribution in [-0.2, 0) is 11.0 Å². The van der Waals surface area contributed by atoms with Crippen molar-refractivity contribution < 1.29 is 22.8 Å². The number of amides is 1. The summed E-state index contributed by atoms with van der Waals surface area (Å²) in [5, 5.41) is 5.96. The molecule has 1 fully saturated rings. The molecule has 0 bridgehead atoms. The van der Waals surface area contributed by atoms with E-state index in [2.05, 4.69) is 10.6 Å². The molecule has 3 aromatic carbocycles. The Kier molecular flexibility index (Phi) is 7.94. The van der Waals surface area contributed by atoms with Crippen molar-refractivity contribution in [1.29, 1.82) is 0 Å². The van der Waals surface area contributed by atoms with Gasteiger partial charge in [-0.1, -0.05) is 46.9 Å². The Morgan fingerprint density at radius 1 is 0.919 bits per heavy atom. The smallest absolute Gasteiger partial charge is 0.377 e. The number of Topliss-reactive ketones (excluding diaryl/α,β-unsaturated/α-hetero) is 1. The van der Waals surface area contributed by atoms with Gasteiger partial charge in [-0.05, 0) is 54.1 Å². The predicted molar refractivity (Wildman–Crippen MR) is 141 cm³/mol. The number of halogens is 8. The second kappa shape index (κ2) is 10.5. The quantitative estimate of drug-likeness (QED) is 0.208. The van der Waals surface area contributed by atoms with E-state index in [1.54, 1.807) is 12.1 Å². The summed E-state index contributed by atoms with van der Waals surface area (Å²) in [6, 6.07) is 13.8. The van der Waals surface area contributed by atoms with E-state index in [9.17, 15) is 22.8 Å². The SMILES string of the molecule is O=C(CNc1ccccc1C(F)(F)F)c1cc(NC(=O)C2C(c3cc(Cl)cc(Cl)c3)C2(Cl)Cl)ccc1Cl. The highest BCUT2D eigenvalue weighted by Crippen LogP contribution is 2.65. The van der Waals surface area contributed by atoms with E-state index >= 15 is 0 Å². The van der Waals surface area contributed by atoms with Crippen molar-refractivity contribution in [1.82, 2.24) is 0 Å². The predicted octanol–water partition coefficient (Wildman–Crippen LogP) is 8.49. The van der Waals surface area contributed by atoms with E-state index in [1.165, 1.54) is 42.5 Å². The minimum Gasteiger partial charge on any atom is -0.377 e. The largest absolute Gasteiger partial charge is 0.418 e. The van der Waals surface area contributed by atoms with Crippen LogP contribution in [0.2, 0.25) is 15.1 Å². The molecule has 2 N–H and O–H groups in total. The van der Waals surface area contributed by atoms with Crippen LogP contribution < -0.4 is 10.6 Å². The molecule has 1 aliphatic carbocycles. The lowest BCUT2D eigenvalue weighted by molar-refractivity contribution is -0.137. The summed E-state index contributed by atoms with van der Waals surface area (Å²) in [5.74, 6) is -2.50. The van der Waals surface area contributed by atoms with Crippen LogP contribution in [0, 0.1) is 5.92 Å². The summed E-state index contributed by atoms with van der Waals surface area (Å²) in [6.45, 7) is -0.461. The maximum absolute atomic E-state index is 13.2. The fourth-order valence-electron chi connectivity index (χ4n) is 4.01. The summed E-state index contributed by atoms with van der Waals surface area (Å²) >= 11 is 31.0. The van der Waals surface area contributed by atoms with Gasteiger partial charge < -0.3 is 10.6 Å². The third kappa shape index (κ3) is 6.13. The van der Waals surface area contributed by atoms with Gasteiger partial charge in [-0.2, -0.15) is 13.2 Å². The van der Waals surface area contributed by atoms with Gasteiger partial charge in [-0.15, -0.1) is 23.2 Å². The lowest BCUT2D eigenvalue weighted by Gasteiger charge is -2.14. The Bertz CT molecular complexity index is 1360. The van der Waals surface area contributed by atoms with Gasteiger partial charge in [0.15, 0.2) is 5.78 Å². The Labute approximate surface area is 235 Å². The van der Waals surface area contributed by atoms with Crippen LogP contribution in [0.15, 0.2) is 60.7 Å². The fourth-order valence-corrected chi connectivity index (χ4v) is 5.61. The van der Waals surface area contributed by atoms with E-state index in [0.29, 0.717) is 15.6 Å². The molecule has 37 heavy (non-hydrogen) atoms. The first-order valence-corrected chi connectivity index (χ1v) is 12.6. The molecule has 1 aliphatic rings. The third-order valence-electron chi connectivity index (χ3n) is 5.79. The van der Waals surface area contributed by atoms with Gasteiger partial charge in [0.1, 0.15) is 4.33 Å². The van der Waals surface area contributed by atoms with Crippen molar-refractivity contribution in [2.24, 2.45) is 5.92 Å². The van der Waals surface area contributed by atoms with Crippen molar-refractivity contribution in [2.45, 2.75) is 16.4 Å². The average Bonchev–Trinajstić information content (AvgIpc) is 3.39. The van der Waals surface area contributed by atoms with Crippen molar-refractivity contribution in [2.75, 3.05) is 17.2 Å². The number of carbonyl (C=O) groups excluding carboxylic acids is 2. The first kappa shape index (κ1) is 27.9. The molecular weight excluding hydrogens is 595 g/mol. The third-order valence-corrected chi connectivity index (χ3v) is 7.49. The topological polar surface area (TPSA) is 58.2 Å². The minimum absolute atomic E-state index is 0.00781. The Balaban J connectivity index is 1.47. The lowest BCUT2D eigenvalue weighted by atomic mass is 10.1. The molecule has 1 saturated carbocycles. The van der Waals surface area contributed by atoms with Gasteiger partial charge in [0, 0.05) is 32.9 Å². The maximum Gasteiger partial charge on any atom is 0.418 e. The number of benzene rings is 3. The summed E-state index contributed by atoms with van der Waals surface area (Å²) in [5.41, 5.74) is -0.313. The molecule has 2 unspecified atom stereocenters. The minimum atomic E-state index is -4.59. The zero-order chi connectivity index (χ0) is 27.1. The molecule has 4 rings (SSSR count). The van der Waals surface area contributed by atoms with Crippen LogP contribution >= 0.6 is 58.0 Å². The molecule has 3 aromatic rings. The van der Waals surface area contributed by atoms with Gasteiger partial charge in [0.2, 0.25) is 5.91 Å². The summed E-state index contributed by atoms with van der Waals surface area (Å²) in [6.07, 6.45) is -4.59. The average molecular weight is 611 g/mol. The van der Waals surface area contributed by atoms with Gasteiger partial charge in [-0.25, -0.2) is 0 Å². The van der Waals surface area contributed by atoms with Gasteiger partial charge in [0.25, 0.3) is 0 Å². The molecule has 194 valence electrons. The number of anilines is 2. The molecule has 2 atom stereocenters. The zero-order valence-corrected chi connectivity index (χ0v) is 22.3. The van der Waals surface area contributed by atoms with E-state index in [-0.39, 0.29) is 22.0 Å². The number of hydrogen-bond acceptors (Lipinski definition) is 3. The monoisotopic (exact) mass is 608 g/mol. The van der Waals surface area contributed by atoms with Crippen molar-refractivity contribution >= 4 is 81.1 Å². The van der Waals surface area contributed by atoms with Crippen LogP contribution in [0.3, 0.4) is 0 Å². The zero-order valence-electron chi connectivity index (χ0n) is 18.5. The highest BCUT2D eigenvalue weighted by molar-refractivity contribution is 6.53. The molecule has 12 heteroatoms. The molecule has 0 aromatic heterocycles. The number of ketones is 1. The van der Waals surface area contributed by atoms with E-state index in [0.717, 1.165) is 6.07 Å². The Hall–Kier alpha value is -2.16. The number of carbonyl (C=O) groups is 2. The molecule has 1 amide bonds. The molecule has 0 aliphatic heterocycles. The summed E-state index contributed by atoms with van der Waals surface area (Å²) < 4.78 is 38.2. The molecule has 0 spiro atoms. The molecule has 0 heterocycles. The number of hydrogen-bond donors (Lipinski definition) is 2. The van der Waals surface area contributed by atoms with Crippen LogP contribution in [0.25, 0.3) is 0 Å². The molecule has 0 radical (unpaired) electrons. The first-order chi connectivity index (χ1) is 17.3. The van der Waals surface area contributed by atoms with Gasteiger partial charge in [-0.3, -0.25) is 9.59 Å². The Morgan fingerprint density at radius 3 is 2.22 bits per heavy atom. The molecular formula is C25H16Cl5F3N2O2. The number of alkyl halides is 5. The first-order valence-electron chi connectivity index (χ1n) is 10.7. The molecule has 0 saturated heterocycles. The lowest BCUT2D eigenvalue weighted by Crippen LogP contribution is -2.19. The van der Waals surface area contributed by atoms with Crippen LogP contribution in [0.1, 0.15) is 27.4 Å². The second-order valence-corrected chi connectivity index (χ2v) is 11.1. The number of nitrogens with one attached hydrogen (secondary N) is 2. The highest BCUT2D eigenvalue weighted by Gasteiger charge is 2.67. The van der Waals surface area contributed by atoms with Gasteiger partial charge >= 0.3 is 6.18 Å². The highest BCUT2D eigenvalue weighted by atomic mass is 35.5. The normalized spacial score (nSPS) is 18.3. The number of rotatable bonds is 7. The summed E-state index contributed by atoms with van der Waals surface area (Å²) in [7, 11) is 0. The summed E-state index contributed by atoms with van der Waals surface area (Å²) in [4.78, 5) is 25.7. The van der Waals surface area contributed by atoms with Crippen molar-refractivity contribution in [3.63, 3.8) is 0 Å². The molecule has 4 nitrogen and oxygen atoms in total. The van der Waals surface area contributed by atoms with Crippen LogP contribution in [-0.4, -0.2) is 22.6 Å². The Morgan fingerprint density at radius 2 is 1.57 bits per heavy atom. The fraction of sp³-hybridized carbons (Fsp3) is 0.200.